The minimum atomic E-state index is -0.909. The predicted molar refractivity (Wildman–Crippen MR) is 74.0 cm³/mol. The Balaban J connectivity index is 1.90. The van der Waals surface area contributed by atoms with Gasteiger partial charge >= 0.3 is 5.97 Å². The normalized spacial score (nSPS) is 29.9. The molecular weight excluding hydrogens is 254 g/mol. The van der Waals surface area contributed by atoms with Crippen molar-refractivity contribution in [1.82, 2.24) is 0 Å². The molecule has 0 amide bonds. The summed E-state index contributed by atoms with van der Waals surface area (Å²) in [5.74, 6) is 5.79. The SMILES string of the molecule is O=C1CC(=O)OC(C#CC2=NC=CC2)(C2CCCC2)C1. The lowest BCUT2D eigenvalue weighted by molar-refractivity contribution is -0.168. The number of ketones is 1. The average Bonchev–Trinajstić information content (AvgIpc) is 3.09. The Kier molecular flexibility index (Phi) is 3.43. The molecule has 1 saturated heterocycles. The van der Waals surface area contributed by atoms with E-state index in [-0.39, 0.29) is 24.5 Å². The third kappa shape index (κ3) is 2.53. The van der Waals surface area contributed by atoms with Crippen molar-refractivity contribution in [3.63, 3.8) is 0 Å². The largest absolute Gasteiger partial charge is 0.445 e. The number of hydrogen-bond donors (Lipinski definition) is 0. The zero-order valence-corrected chi connectivity index (χ0v) is 11.4. The molecule has 4 heteroatoms. The van der Waals surface area contributed by atoms with Gasteiger partial charge < -0.3 is 4.74 Å². The van der Waals surface area contributed by atoms with Gasteiger partial charge in [-0.3, -0.25) is 14.6 Å². The fraction of sp³-hybridized carbons (Fsp3) is 0.562. The van der Waals surface area contributed by atoms with E-state index in [1.165, 1.54) is 0 Å². The summed E-state index contributed by atoms with van der Waals surface area (Å²) in [5, 5.41) is 0. The fourth-order valence-corrected chi connectivity index (χ4v) is 3.20. The first-order valence-corrected chi connectivity index (χ1v) is 7.16. The Morgan fingerprint density at radius 2 is 2.10 bits per heavy atom. The highest BCUT2D eigenvalue weighted by Crippen LogP contribution is 2.40. The van der Waals surface area contributed by atoms with Gasteiger partial charge in [0.05, 0.1) is 12.1 Å². The second kappa shape index (κ2) is 5.24. The molecule has 0 aromatic heterocycles. The standard InChI is InChI=1S/C16H17NO3/c18-14-10-15(19)20-16(11-14,12-4-1-2-5-12)8-7-13-6-3-9-17-13/h3,9,12H,1-2,4-6,10-11H2. The summed E-state index contributed by atoms with van der Waals surface area (Å²) in [7, 11) is 0. The van der Waals surface area contributed by atoms with E-state index >= 15 is 0 Å². The van der Waals surface area contributed by atoms with Gasteiger partial charge in [-0.2, -0.15) is 0 Å². The first-order chi connectivity index (χ1) is 9.68. The topological polar surface area (TPSA) is 55.7 Å². The van der Waals surface area contributed by atoms with Gasteiger partial charge in [0.25, 0.3) is 0 Å². The zero-order chi connectivity index (χ0) is 14.0. The number of hydrogen-bond acceptors (Lipinski definition) is 4. The number of rotatable bonds is 1. The maximum absolute atomic E-state index is 11.8. The molecule has 1 aliphatic carbocycles. The molecule has 1 unspecified atom stereocenters. The maximum atomic E-state index is 11.8. The Labute approximate surface area is 118 Å². The summed E-state index contributed by atoms with van der Waals surface area (Å²) >= 11 is 0. The Morgan fingerprint density at radius 1 is 1.30 bits per heavy atom. The summed E-state index contributed by atoms with van der Waals surface area (Å²) in [6.45, 7) is 0. The summed E-state index contributed by atoms with van der Waals surface area (Å²) in [4.78, 5) is 27.7. The molecule has 0 radical (unpaired) electrons. The molecule has 20 heavy (non-hydrogen) atoms. The van der Waals surface area contributed by atoms with Crippen molar-refractivity contribution in [1.29, 1.82) is 0 Å². The molecule has 0 spiro atoms. The van der Waals surface area contributed by atoms with E-state index in [1.54, 1.807) is 6.20 Å². The average molecular weight is 271 g/mol. The van der Waals surface area contributed by atoms with Crippen molar-refractivity contribution >= 4 is 17.5 Å². The maximum Gasteiger partial charge on any atom is 0.314 e. The highest BCUT2D eigenvalue weighted by Gasteiger charge is 2.47. The van der Waals surface area contributed by atoms with E-state index in [1.807, 2.05) is 6.08 Å². The molecule has 4 nitrogen and oxygen atoms in total. The molecule has 1 saturated carbocycles. The predicted octanol–water partition coefficient (Wildman–Crippen LogP) is 2.18. The lowest BCUT2D eigenvalue weighted by Gasteiger charge is -2.36. The number of allylic oxidation sites excluding steroid dienone is 1. The van der Waals surface area contributed by atoms with Crippen molar-refractivity contribution in [3.8, 4) is 11.8 Å². The first-order valence-electron chi connectivity index (χ1n) is 7.16. The van der Waals surface area contributed by atoms with Crippen LogP contribution in [0.4, 0.5) is 0 Å². The Morgan fingerprint density at radius 3 is 2.75 bits per heavy atom. The van der Waals surface area contributed by atoms with Gasteiger partial charge in [0.15, 0.2) is 5.60 Å². The molecule has 0 aromatic rings. The molecule has 2 fully saturated rings. The Hall–Kier alpha value is -1.89. The summed E-state index contributed by atoms with van der Waals surface area (Å²) < 4.78 is 5.58. The Bertz CT molecular complexity index is 540. The number of esters is 1. The van der Waals surface area contributed by atoms with Gasteiger partial charge in [0.1, 0.15) is 12.2 Å². The summed E-state index contributed by atoms with van der Waals surface area (Å²) in [6, 6.07) is 0. The molecule has 2 heterocycles. The molecular formula is C16H17NO3. The molecule has 0 bridgehead atoms. The van der Waals surface area contributed by atoms with Crippen LogP contribution in [-0.2, 0) is 14.3 Å². The van der Waals surface area contributed by atoms with Crippen molar-refractivity contribution in [2.45, 2.75) is 50.5 Å². The second-order valence-electron chi connectivity index (χ2n) is 5.65. The second-order valence-corrected chi connectivity index (χ2v) is 5.65. The van der Waals surface area contributed by atoms with Crippen LogP contribution in [0.3, 0.4) is 0 Å². The monoisotopic (exact) mass is 271 g/mol. The molecule has 1 atom stereocenters. The van der Waals surface area contributed by atoms with Crippen molar-refractivity contribution in [3.05, 3.63) is 12.3 Å². The third-order valence-electron chi connectivity index (χ3n) is 4.18. The number of carbonyl (C=O) groups excluding carboxylic acids is 2. The zero-order valence-electron chi connectivity index (χ0n) is 11.4. The van der Waals surface area contributed by atoms with Gasteiger partial charge in [-0.1, -0.05) is 18.9 Å². The van der Waals surface area contributed by atoms with Crippen LogP contribution in [0.2, 0.25) is 0 Å². The highest BCUT2D eigenvalue weighted by atomic mass is 16.6. The number of cyclic esters (lactones) is 1. The van der Waals surface area contributed by atoms with Crippen LogP contribution in [-0.4, -0.2) is 23.1 Å². The van der Waals surface area contributed by atoms with Gasteiger partial charge in [-0.15, -0.1) is 0 Å². The molecule has 0 N–H and O–H groups in total. The van der Waals surface area contributed by atoms with E-state index in [4.69, 9.17) is 4.74 Å². The van der Waals surface area contributed by atoms with Crippen molar-refractivity contribution < 1.29 is 14.3 Å². The van der Waals surface area contributed by atoms with Crippen LogP contribution < -0.4 is 0 Å². The minimum absolute atomic E-state index is 0.0612. The van der Waals surface area contributed by atoms with E-state index < -0.39 is 11.6 Å². The number of ether oxygens (including phenoxy) is 1. The van der Waals surface area contributed by atoms with Gasteiger partial charge in [0.2, 0.25) is 0 Å². The lowest BCUT2D eigenvalue weighted by atomic mass is 9.80. The molecule has 0 aromatic carbocycles. The van der Waals surface area contributed by atoms with E-state index in [2.05, 4.69) is 16.8 Å². The smallest absolute Gasteiger partial charge is 0.314 e. The van der Waals surface area contributed by atoms with Crippen LogP contribution in [0, 0.1) is 17.8 Å². The minimum Gasteiger partial charge on any atom is -0.445 e. The summed E-state index contributed by atoms with van der Waals surface area (Å²) in [6.07, 6.45) is 8.67. The number of carbonyl (C=O) groups is 2. The number of nitrogens with zero attached hydrogens (tertiary/aromatic N) is 1. The number of aliphatic imine (C=N–C) groups is 1. The van der Waals surface area contributed by atoms with Crippen LogP contribution in [0.15, 0.2) is 17.3 Å². The van der Waals surface area contributed by atoms with E-state index in [0.29, 0.717) is 0 Å². The summed E-state index contributed by atoms with van der Waals surface area (Å²) in [5.41, 5.74) is -0.134. The van der Waals surface area contributed by atoms with Crippen LogP contribution >= 0.6 is 0 Å². The van der Waals surface area contributed by atoms with Crippen LogP contribution in [0.1, 0.15) is 44.9 Å². The molecule has 104 valence electrons. The lowest BCUT2D eigenvalue weighted by Crippen LogP contribution is -2.46. The van der Waals surface area contributed by atoms with Gasteiger partial charge in [-0.25, -0.2) is 0 Å². The van der Waals surface area contributed by atoms with Crippen LogP contribution in [0.25, 0.3) is 0 Å². The van der Waals surface area contributed by atoms with Crippen molar-refractivity contribution in [2.75, 3.05) is 0 Å². The van der Waals surface area contributed by atoms with E-state index in [9.17, 15) is 9.59 Å². The number of Topliss-reactive ketones (excluding diaryl/α,β-unsaturated/α-hetero) is 1. The van der Waals surface area contributed by atoms with Gasteiger partial charge in [-0.05, 0) is 24.7 Å². The van der Waals surface area contributed by atoms with Crippen molar-refractivity contribution in [2.24, 2.45) is 10.9 Å². The van der Waals surface area contributed by atoms with Gasteiger partial charge in [0, 0.05) is 18.5 Å². The molecule has 2 aliphatic heterocycles. The molecule has 3 aliphatic rings. The fourth-order valence-electron chi connectivity index (χ4n) is 3.20. The highest BCUT2D eigenvalue weighted by molar-refractivity contribution is 6.03. The first kappa shape index (κ1) is 13.1. The van der Waals surface area contributed by atoms with E-state index in [0.717, 1.165) is 37.8 Å². The quantitative estimate of drug-likeness (QED) is 0.417. The molecule has 3 rings (SSSR count). The van der Waals surface area contributed by atoms with Crippen LogP contribution in [0.5, 0.6) is 0 Å². The third-order valence-corrected chi connectivity index (χ3v) is 4.18.